The molecule has 3 N–H and O–H groups in total. The maximum atomic E-state index is 9.33. The van der Waals surface area contributed by atoms with Crippen molar-refractivity contribution in [2.45, 2.75) is 0 Å². The number of hydrogen-bond acceptors (Lipinski definition) is 4. The molecule has 0 bridgehead atoms. The fraction of sp³-hybridized carbons (Fsp3) is 0.333. The second kappa shape index (κ2) is 5.25. The number of thiophene rings is 1. The van der Waals surface area contributed by atoms with Gasteiger partial charge in [-0.05, 0) is 0 Å². The summed E-state index contributed by atoms with van der Waals surface area (Å²) >= 11 is 1.53. The summed E-state index contributed by atoms with van der Waals surface area (Å²) in [6.07, 6.45) is 0. The summed E-state index contributed by atoms with van der Waals surface area (Å²) in [7, 11) is 0. The first-order valence-corrected chi connectivity index (χ1v) is 8.03. The fourth-order valence-electron chi connectivity index (χ4n) is 0.640. The summed E-state index contributed by atoms with van der Waals surface area (Å²) in [5.41, 5.74) is 0.283. The predicted octanol–water partition coefficient (Wildman–Crippen LogP) is -1.99. The first kappa shape index (κ1) is 10.5. The Morgan fingerprint density at radius 1 is 1.25 bits per heavy atom. The average molecular weight is 318 g/mol. The number of aliphatic hydroxyl groups excluding tert-OH is 2. The van der Waals surface area contributed by atoms with Gasteiger partial charge in [-0.25, -0.2) is 0 Å². The molecule has 3 nitrogen and oxygen atoms in total. The van der Waals surface area contributed by atoms with E-state index in [2.05, 4.69) is 0 Å². The van der Waals surface area contributed by atoms with Crippen LogP contribution in [0.25, 0.3) is 0 Å². The molecule has 1 rings (SSSR count). The van der Waals surface area contributed by atoms with Crippen LogP contribution in [0, 0.1) is 0 Å². The summed E-state index contributed by atoms with van der Waals surface area (Å²) in [6, 6.07) is 1.69. The molecule has 0 radical (unpaired) electrons. The van der Waals surface area contributed by atoms with Gasteiger partial charge in [-0.2, -0.15) is 0 Å². The van der Waals surface area contributed by atoms with Crippen molar-refractivity contribution in [1.82, 2.24) is 0 Å². The van der Waals surface area contributed by atoms with Crippen LogP contribution in [0.4, 0.5) is 0 Å². The van der Waals surface area contributed by atoms with Gasteiger partial charge >= 0.3 is 86.9 Å². The van der Waals surface area contributed by atoms with Gasteiger partial charge in [-0.15, -0.1) is 0 Å². The van der Waals surface area contributed by atoms with E-state index in [0.29, 0.717) is 0 Å². The predicted molar refractivity (Wildman–Crippen MR) is 50.9 cm³/mol. The molecule has 1 heterocycles. The van der Waals surface area contributed by atoms with Gasteiger partial charge in [0.25, 0.3) is 0 Å². The summed E-state index contributed by atoms with van der Waals surface area (Å²) in [5.74, 6) is 0.277. The molecule has 0 spiro atoms. The van der Waals surface area contributed by atoms with Crippen LogP contribution in [0.1, 0.15) is 0 Å². The van der Waals surface area contributed by atoms with E-state index >= 15 is 0 Å². The minimum absolute atomic E-state index is 0.0292. The zero-order valence-electron chi connectivity index (χ0n) is 6.06. The third-order valence-corrected chi connectivity index (χ3v) is 6.42. The molecule has 0 aliphatic rings. The molecule has 6 heteroatoms. The quantitative estimate of drug-likeness (QED) is 0.564. The first-order valence-electron chi connectivity index (χ1n) is 3.08. The fourth-order valence-corrected chi connectivity index (χ4v) is 5.81. The molecular weight excluding hydrogens is 310 g/mol. The van der Waals surface area contributed by atoms with Gasteiger partial charge in [0.2, 0.25) is 0 Å². The molecule has 0 aliphatic carbocycles. The molecule has 0 amide bonds. The van der Waals surface area contributed by atoms with Crippen LogP contribution in [0.15, 0.2) is 6.07 Å². The van der Waals surface area contributed by atoms with E-state index in [9.17, 15) is 5.11 Å². The van der Waals surface area contributed by atoms with Crippen molar-refractivity contribution in [2.24, 2.45) is 0 Å². The zero-order chi connectivity index (χ0) is 8.97. The van der Waals surface area contributed by atoms with Gasteiger partial charge in [-0.1, -0.05) is 0 Å². The third kappa shape index (κ3) is 2.75. The molecule has 1 aromatic rings. The molecule has 0 unspecified atom stereocenters. The molecule has 68 valence electrons. The maximum absolute atomic E-state index is 9.33. The van der Waals surface area contributed by atoms with Gasteiger partial charge in [0, 0.05) is 0 Å². The van der Waals surface area contributed by atoms with E-state index in [-0.39, 0.29) is 46.7 Å². The minimum atomic E-state index is -0.0292. The Balaban J connectivity index is 2.70. The van der Waals surface area contributed by atoms with Gasteiger partial charge < -0.3 is 0 Å². The number of aliphatic hydroxyl groups is 2. The van der Waals surface area contributed by atoms with Crippen LogP contribution < -0.4 is 7.55 Å². The molecule has 0 saturated carbocycles. The monoisotopic (exact) mass is 320 g/mol. The van der Waals surface area contributed by atoms with Gasteiger partial charge in [0.15, 0.2) is 0 Å². The van der Waals surface area contributed by atoms with E-state index in [0.717, 1.165) is 7.55 Å². The van der Waals surface area contributed by atoms with Gasteiger partial charge in [-0.3, -0.25) is 0 Å². The molecule has 0 aromatic carbocycles. The molecule has 0 atom stereocenters. The Kier molecular flexibility index (Phi) is 4.61. The Labute approximate surface area is 86.7 Å². The standard InChI is InChI=1S/C6H8O3SSe2/c7-2-11-5-1-4(9)6(10-5)12-3-8/h1,7-9H,2-3H2. The molecule has 12 heavy (non-hydrogen) atoms. The van der Waals surface area contributed by atoms with Crippen LogP contribution in [-0.4, -0.2) is 56.2 Å². The van der Waals surface area contributed by atoms with E-state index in [1.165, 1.54) is 11.3 Å². The second-order valence-corrected chi connectivity index (χ2v) is 8.08. The van der Waals surface area contributed by atoms with E-state index < -0.39 is 0 Å². The summed E-state index contributed by atoms with van der Waals surface area (Å²) < 4.78 is 1.91. The Bertz CT molecular complexity index is 251. The van der Waals surface area contributed by atoms with Crippen molar-refractivity contribution in [1.29, 1.82) is 0 Å². The van der Waals surface area contributed by atoms with Crippen molar-refractivity contribution >= 4 is 48.8 Å². The summed E-state index contributed by atoms with van der Waals surface area (Å²) in [5, 5.41) is 26.7. The van der Waals surface area contributed by atoms with Crippen LogP contribution in [0.3, 0.4) is 0 Å². The molecule has 0 saturated heterocycles. The van der Waals surface area contributed by atoms with Crippen molar-refractivity contribution in [2.75, 3.05) is 11.0 Å². The van der Waals surface area contributed by atoms with E-state index in [1.807, 2.05) is 0 Å². The van der Waals surface area contributed by atoms with Crippen molar-refractivity contribution < 1.29 is 15.3 Å². The normalized spacial score (nSPS) is 10.5. The summed E-state index contributed by atoms with van der Waals surface area (Å²) in [4.78, 5) is 0. The van der Waals surface area contributed by atoms with Crippen LogP contribution in [-0.2, 0) is 0 Å². The van der Waals surface area contributed by atoms with Gasteiger partial charge in [0.1, 0.15) is 0 Å². The average Bonchev–Trinajstić information content (AvgIpc) is 2.34. The number of rotatable bonds is 4. The molecule has 1 aromatic heterocycles. The van der Waals surface area contributed by atoms with Crippen LogP contribution in [0.2, 0.25) is 0 Å². The topological polar surface area (TPSA) is 60.7 Å². The Morgan fingerprint density at radius 3 is 2.50 bits per heavy atom. The number of hydrogen-bond donors (Lipinski definition) is 3. The molecule has 0 fully saturated rings. The Hall–Kier alpha value is 0.459. The number of aromatic hydroxyl groups is 1. The molecular formula is C6H8O3SSe2. The summed E-state index contributed by atoms with van der Waals surface area (Å²) in [6.45, 7) is 0. The third-order valence-electron chi connectivity index (χ3n) is 1.06. The van der Waals surface area contributed by atoms with E-state index in [4.69, 9.17) is 10.2 Å². The Morgan fingerprint density at radius 2 is 1.92 bits per heavy atom. The SMILES string of the molecule is OC[Se]c1cc(O)c([Se]CO)s1. The van der Waals surface area contributed by atoms with Crippen molar-refractivity contribution in [3.8, 4) is 5.75 Å². The van der Waals surface area contributed by atoms with Crippen molar-refractivity contribution in [3.63, 3.8) is 0 Å². The van der Waals surface area contributed by atoms with Crippen LogP contribution in [0.5, 0.6) is 5.75 Å². The second-order valence-electron chi connectivity index (χ2n) is 1.79. The van der Waals surface area contributed by atoms with Crippen molar-refractivity contribution in [3.05, 3.63) is 6.07 Å². The first-order chi connectivity index (χ1) is 5.77. The molecule has 0 aliphatic heterocycles. The van der Waals surface area contributed by atoms with Gasteiger partial charge in [0.05, 0.1) is 0 Å². The zero-order valence-corrected chi connectivity index (χ0v) is 10.3. The van der Waals surface area contributed by atoms with Crippen LogP contribution >= 0.6 is 11.3 Å². The van der Waals surface area contributed by atoms with E-state index in [1.54, 1.807) is 6.07 Å².